The number of phenolic OH excluding ortho intramolecular Hbond substituents is 1. The lowest BCUT2D eigenvalue weighted by molar-refractivity contribution is -0.120. The maximum Gasteiger partial charge on any atom is 0.264 e. The Bertz CT molecular complexity index is 639. The average Bonchev–Trinajstić information content (AvgIpc) is 2.77. The van der Waals surface area contributed by atoms with Gasteiger partial charge in [0, 0.05) is 11.8 Å². The Morgan fingerprint density at radius 1 is 1.32 bits per heavy atom. The van der Waals surface area contributed by atoms with Gasteiger partial charge in [-0.2, -0.15) is 5.10 Å². The zero-order valence-corrected chi connectivity index (χ0v) is 9.88. The summed E-state index contributed by atoms with van der Waals surface area (Å²) < 4.78 is 0. The number of nitrogens with one attached hydrogen (secondary N) is 3. The van der Waals surface area contributed by atoms with Crippen molar-refractivity contribution in [2.45, 2.75) is 6.42 Å². The molecule has 0 unspecified atom stereocenters. The Morgan fingerprint density at radius 3 is 2.68 bits per heavy atom. The van der Waals surface area contributed by atoms with E-state index in [4.69, 9.17) is 5.11 Å². The van der Waals surface area contributed by atoms with E-state index in [1.54, 1.807) is 12.1 Å². The van der Waals surface area contributed by atoms with Gasteiger partial charge < -0.3 is 10.2 Å². The fourth-order valence-corrected chi connectivity index (χ4v) is 1.42. The number of H-pyrrole nitrogens is 2. The Balaban J connectivity index is 1.86. The van der Waals surface area contributed by atoms with E-state index in [0.29, 0.717) is 5.69 Å². The zero-order chi connectivity index (χ0) is 13.7. The van der Waals surface area contributed by atoms with Crippen LogP contribution in [0.25, 0.3) is 0 Å². The van der Waals surface area contributed by atoms with Crippen molar-refractivity contribution in [3.63, 3.8) is 0 Å². The van der Waals surface area contributed by atoms with Crippen LogP contribution in [0.3, 0.4) is 0 Å². The predicted molar refractivity (Wildman–Crippen MR) is 69.0 cm³/mol. The number of aromatic hydroxyl groups is 1. The first kappa shape index (κ1) is 12.6. The lowest BCUT2D eigenvalue weighted by Gasteiger charge is -1.97. The normalized spacial score (nSPS) is 10.7. The molecule has 19 heavy (non-hydrogen) atoms. The van der Waals surface area contributed by atoms with Gasteiger partial charge in [0.1, 0.15) is 5.75 Å². The van der Waals surface area contributed by atoms with Crippen LogP contribution in [0.1, 0.15) is 11.3 Å². The molecule has 0 saturated carbocycles. The highest BCUT2D eigenvalue weighted by atomic mass is 16.3. The van der Waals surface area contributed by atoms with Gasteiger partial charge in [0.2, 0.25) is 5.91 Å². The van der Waals surface area contributed by atoms with Crippen LogP contribution in [0.15, 0.2) is 40.2 Å². The molecule has 7 nitrogen and oxygen atoms in total. The summed E-state index contributed by atoms with van der Waals surface area (Å²) in [6, 6.07) is 7.67. The molecule has 1 heterocycles. The number of carbonyl (C=O) groups is 1. The average molecular weight is 260 g/mol. The summed E-state index contributed by atoms with van der Waals surface area (Å²) in [7, 11) is 0. The smallest absolute Gasteiger partial charge is 0.264 e. The molecule has 98 valence electrons. The van der Waals surface area contributed by atoms with Crippen molar-refractivity contribution < 1.29 is 9.90 Å². The Morgan fingerprint density at radius 2 is 2.05 bits per heavy atom. The van der Waals surface area contributed by atoms with E-state index in [2.05, 4.69) is 20.7 Å². The number of amides is 1. The summed E-state index contributed by atoms with van der Waals surface area (Å²) in [6.07, 6.45) is 1.49. The van der Waals surface area contributed by atoms with Crippen molar-refractivity contribution in [2.24, 2.45) is 5.10 Å². The number of carbonyl (C=O) groups excluding carboxylic acids is 1. The third-order valence-electron chi connectivity index (χ3n) is 2.30. The van der Waals surface area contributed by atoms with Crippen LogP contribution in [-0.2, 0) is 11.2 Å². The van der Waals surface area contributed by atoms with Gasteiger partial charge in [-0.3, -0.25) is 14.7 Å². The van der Waals surface area contributed by atoms with E-state index in [1.807, 2.05) is 0 Å². The quantitative estimate of drug-likeness (QED) is 0.462. The second kappa shape index (κ2) is 5.67. The highest BCUT2D eigenvalue weighted by Crippen LogP contribution is 2.07. The van der Waals surface area contributed by atoms with E-state index in [0.717, 1.165) is 5.56 Å². The predicted octanol–water partition coefficient (Wildman–Crippen LogP) is 0.101. The van der Waals surface area contributed by atoms with Crippen LogP contribution in [-0.4, -0.2) is 27.4 Å². The SMILES string of the molecule is O=C(Cc1cc(=O)[nH][nH]1)N/N=C/c1ccc(O)cc1. The minimum Gasteiger partial charge on any atom is -0.508 e. The number of phenols is 1. The third kappa shape index (κ3) is 3.84. The van der Waals surface area contributed by atoms with Crippen molar-refractivity contribution in [3.8, 4) is 5.75 Å². The fourth-order valence-electron chi connectivity index (χ4n) is 1.42. The van der Waals surface area contributed by atoms with Gasteiger partial charge in [0.25, 0.3) is 5.56 Å². The maximum atomic E-state index is 11.5. The highest BCUT2D eigenvalue weighted by Gasteiger charge is 2.03. The standard InChI is InChI=1S/C12H12N4O3/c17-10-3-1-8(2-4-10)7-13-15-11(18)5-9-6-12(19)16-14-9/h1-4,6-7,17H,5H2,(H,15,18)(H2,14,16,19)/b13-7+. The first-order valence-corrected chi connectivity index (χ1v) is 5.51. The Kier molecular flexibility index (Phi) is 3.77. The molecular formula is C12H12N4O3. The molecule has 0 fully saturated rings. The number of hydrogen-bond donors (Lipinski definition) is 4. The minimum atomic E-state index is -0.342. The van der Waals surface area contributed by atoms with E-state index in [9.17, 15) is 9.59 Å². The van der Waals surface area contributed by atoms with Crippen molar-refractivity contribution in [1.29, 1.82) is 0 Å². The molecule has 2 rings (SSSR count). The van der Waals surface area contributed by atoms with Crippen molar-refractivity contribution in [3.05, 3.63) is 51.9 Å². The number of aromatic amines is 2. The summed E-state index contributed by atoms with van der Waals surface area (Å²) in [5.41, 5.74) is 3.29. The first-order valence-electron chi connectivity index (χ1n) is 5.51. The summed E-state index contributed by atoms with van der Waals surface area (Å²) in [5, 5.41) is 17.8. The van der Waals surface area contributed by atoms with Gasteiger partial charge >= 0.3 is 0 Å². The molecule has 0 aliphatic rings. The van der Waals surface area contributed by atoms with Crippen molar-refractivity contribution in [1.82, 2.24) is 15.6 Å². The summed E-state index contributed by atoms with van der Waals surface area (Å²) in [6.45, 7) is 0. The van der Waals surface area contributed by atoms with Crippen LogP contribution in [0, 0.1) is 0 Å². The summed E-state index contributed by atoms with van der Waals surface area (Å²) in [4.78, 5) is 22.3. The van der Waals surface area contributed by atoms with Crippen LogP contribution in [0.4, 0.5) is 0 Å². The number of aromatic nitrogens is 2. The number of rotatable bonds is 4. The molecule has 0 aliphatic heterocycles. The number of nitrogens with zero attached hydrogens (tertiary/aromatic N) is 1. The molecule has 1 aromatic heterocycles. The van der Waals surface area contributed by atoms with E-state index in [-0.39, 0.29) is 23.6 Å². The van der Waals surface area contributed by atoms with E-state index >= 15 is 0 Å². The minimum absolute atomic E-state index is 0.0334. The zero-order valence-electron chi connectivity index (χ0n) is 9.88. The van der Waals surface area contributed by atoms with Gasteiger partial charge in [-0.15, -0.1) is 0 Å². The topological polar surface area (TPSA) is 110 Å². The molecule has 4 N–H and O–H groups in total. The van der Waals surface area contributed by atoms with Crippen LogP contribution < -0.4 is 11.0 Å². The van der Waals surface area contributed by atoms with Gasteiger partial charge in [0.15, 0.2) is 0 Å². The molecule has 0 aliphatic carbocycles. The van der Waals surface area contributed by atoms with Gasteiger partial charge in [0.05, 0.1) is 12.6 Å². The molecule has 0 spiro atoms. The molecule has 0 saturated heterocycles. The second-order valence-corrected chi connectivity index (χ2v) is 3.85. The number of hydrazone groups is 1. The molecular weight excluding hydrogens is 248 g/mol. The first-order chi connectivity index (χ1) is 9.13. The third-order valence-corrected chi connectivity index (χ3v) is 2.30. The van der Waals surface area contributed by atoms with Gasteiger partial charge in [-0.25, -0.2) is 5.43 Å². The largest absolute Gasteiger partial charge is 0.508 e. The molecule has 0 radical (unpaired) electrons. The van der Waals surface area contributed by atoms with Crippen LogP contribution in [0.2, 0.25) is 0 Å². The molecule has 0 bridgehead atoms. The second-order valence-electron chi connectivity index (χ2n) is 3.85. The number of benzene rings is 1. The molecule has 1 amide bonds. The fraction of sp³-hybridized carbons (Fsp3) is 0.0833. The monoisotopic (exact) mass is 260 g/mol. The summed E-state index contributed by atoms with van der Waals surface area (Å²) >= 11 is 0. The Labute approximate surface area is 108 Å². The lowest BCUT2D eigenvalue weighted by Crippen LogP contribution is -2.20. The highest BCUT2D eigenvalue weighted by molar-refractivity contribution is 5.83. The van der Waals surface area contributed by atoms with Crippen molar-refractivity contribution >= 4 is 12.1 Å². The number of hydrogen-bond acceptors (Lipinski definition) is 4. The van der Waals surface area contributed by atoms with Gasteiger partial charge in [-0.1, -0.05) is 0 Å². The van der Waals surface area contributed by atoms with Crippen LogP contribution >= 0.6 is 0 Å². The molecule has 0 atom stereocenters. The van der Waals surface area contributed by atoms with E-state index in [1.165, 1.54) is 24.4 Å². The van der Waals surface area contributed by atoms with Crippen LogP contribution in [0.5, 0.6) is 5.75 Å². The van der Waals surface area contributed by atoms with Gasteiger partial charge in [-0.05, 0) is 29.8 Å². The molecule has 7 heteroatoms. The van der Waals surface area contributed by atoms with E-state index < -0.39 is 0 Å². The lowest BCUT2D eigenvalue weighted by atomic mass is 10.2. The Hall–Kier alpha value is -2.83. The molecule has 2 aromatic rings. The summed E-state index contributed by atoms with van der Waals surface area (Å²) in [5.74, 6) is -0.178. The molecule has 1 aromatic carbocycles. The maximum absolute atomic E-state index is 11.5. The van der Waals surface area contributed by atoms with Crippen molar-refractivity contribution in [2.75, 3.05) is 0 Å².